The Hall–Kier alpha value is -1.42. The summed E-state index contributed by atoms with van der Waals surface area (Å²) in [6.45, 7) is 4.13. The van der Waals surface area contributed by atoms with Crippen LogP contribution < -0.4 is 5.73 Å². The Morgan fingerprint density at radius 1 is 1.38 bits per heavy atom. The smallest absolute Gasteiger partial charge is 0.228 e. The monoisotopic (exact) mass is 289 g/mol. The van der Waals surface area contributed by atoms with Gasteiger partial charge in [0.05, 0.1) is 0 Å². The van der Waals surface area contributed by atoms with Crippen molar-refractivity contribution in [2.75, 3.05) is 13.1 Å². The molecule has 1 aromatic rings. The van der Waals surface area contributed by atoms with Crippen LogP contribution in [0.25, 0.3) is 0 Å². The maximum absolute atomic E-state index is 13.0. The standard InChI is InChI=1S/C17H27N3O/c1-17(8-3-2-4-9-17)16(21)20(12-6-10-18)14-15-7-5-11-19-13-15/h5,7,11,13H,2-4,6,8-10,12,14,18H2,1H3. The molecule has 0 spiro atoms. The first kappa shape index (κ1) is 16.0. The van der Waals surface area contributed by atoms with Gasteiger partial charge in [-0.15, -0.1) is 0 Å². The van der Waals surface area contributed by atoms with E-state index in [0.29, 0.717) is 19.0 Å². The zero-order chi connectivity index (χ0) is 15.1. The minimum absolute atomic E-state index is 0.185. The van der Waals surface area contributed by atoms with Gasteiger partial charge in [0.25, 0.3) is 0 Å². The first-order chi connectivity index (χ1) is 10.2. The average Bonchev–Trinajstić information content (AvgIpc) is 2.52. The summed E-state index contributed by atoms with van der Waals surface area (Å²) in [5, 5.41) is 0. The summed E-state index contributed by atoms with van der Waals surface area (Å²) in [4.78, 5) is 19.1. The fraction of sp³-hybridized carbons (Fsp3) is 0.647. The van der Waals surface area contributed by atoms with Crippen LogP contribution >= 0.6 is 0 Å². The molecular weight excluding hydrogens is 262 g/mol. The molecule has 0 atom stereocenters. The van der Waals surface area contributed by atoms with Crippen LogP contribution in [0.3, 0.4) is 0 Å². The Morgan fingerprint density at radius 3 is 2.76 bits per heavy atom. The van der Waals surface area contributed by atoms with Crippen molar-refractivity contribution in [2.45, 2.75) is 52.0 Å². The number of carbonyl (C=O) groups is 1. The number of pyridine rings is 1. The van der Waals surface area contributed by atoms with Crippen LogP contribution in [0.2, 0.25) is 0 Å². The second-order valence-corrected chi connectivity index (χ2v) is 6.35. The van der Waals surface area contributed by atoms with E-state index in [2.05, 4.69) is 11.9 Å². The lowest BCUT2D eigenvalue weighted by atomic mass is 9.74. The fourth-order valence-electron chi connectivity index (χ4n) is 3.17. The summed E-state index contributed by atoms with van der Waals surface area (Å²) in [7, 11) is 0. The van der Waals surface area contributed by atoms with Crippen molar-refractivity contribution in [3.05, 3.63) is 30.1 Å². The average molecular weight is 289 g/mol. The summed E-state index contributed by atoms with van der Waals surface area (Å²) >= 11 is 0. The molecule has 1 aliphatic rings. The molecule has 4 nitrogen and oxygen atoms in total. The van der Waals surface area contributed by atoms with E-state index in [1.807, 2.05) is 23.2 Å². The van der Waals surface area contributed by atoms with Gasteiger partial charge in [-0.1, -0.05) is 32.3 Å². The zero-order valence-electron chi connectivity index (χ0n) is 13.1. The first-order valence-electron chi connectivity index (χ1n) is 8.04. The lowest BCUT2D eigenvalue weighted by molar-refractivity contribution is -0.143. The van der Waals surface area contributed by atoms with Crippen molar-refractivity contribution in [1.82, 2.24) is 9.88 Å². The number of hydrogen-bond acceptors (Lipinski definition) is 3. The van der Waals surface area contributed by atoms with Gasteiger partial charge in [0, 0.05) is 30.9 Å². The third kappa shape index (κ3) is 4.27. The molecule has 2 N–H and O–H groups in total. The maximum atomic E-state index is 13.0. The largest absolute Gasteiger partial charge is 0.338 e. The molecule has 0 aliphatic heterocycles. The van der Waals surface area contributed by atoms with Crippen LogP contribution in [0.4, 0.5) is 0 Å². The van der Waals surface area contributed by atoms with Crippen LogP contribution in [-0.4, -0.2) is 28.9 Å². The number of aromatic nitrogens is 1. The summed E-state index contributed by atoms with van der Waals surface area (Å²) in [5.41, 5.74) is 6.53. The highest BCUT2D eigenvalue weighted by Gasteiger charge is 2.37. The second kappa shape index (κ2) is 7.55. The van der Waals surface area contributed by atoms with Gasteiger partial charge in [0.2, 0.25) is 5.91 Å². The summed E-state index contributed by atoms with van der Waals surface area (Å²) in [6.07, 6.45) is 10.1. The van der Waals surface area contributed by atoms with E-state index in [1.165, 1.54) is 19.3 Å². The Balaban J connectivity index is 2.09. The molecule has 1 aliphatic carbocycles. The topological polar surface area (TPSA) is 59.2 Å². The van der Waals surface area contributed by atoms with Crippen molar-refractivity contribution in [3.8, 4) is 0 Å². The van der Waals surface area contributed by atoms with Crippen molar-refractivity contribution < 1.29 is 4.79 Å². The Labute approximate surface area is 127 Å². The Morgan fingerprint density at radius 2 is 2.14 bits per heavy atom. The van der Waals surface area contributed by atoms with Gasteiger partial charge in [-0.05, 0) is 37.4 Å². The molecular formula is C17H27N3O. The van der Waals surface area contributed by atoms with E-state index in [4.69, 9.17) is 5.73 Å². The van der Waals surface area contributed by atoms with Crippen molar-refractivity contribution in [3.63, 3.8) is 0 Å². The van der Waals surface area contributed by atoms with E-state index < -0.39 is 0 Å². The quantitative estimate of drug-likeness (QED) is 0.876. The summed E-state index contributed by atoms with van der Waals surface area (Å²) < 4.78 is 0. The van der Waals surface area contributed by atoms with Gasteiger partial charge in [0.1, 0.15) is 0 Å². The van der Waals surface area contributed by atoms with Crippen LogP contribution in [0.15, 0.2) is 24.5 Å². The minimum Gasteiger partial charge on any atom is -0.338 e. The molecule has 1 heterocycles. The van der Waals surface area contributed by atoms with Gasteiger partial charge in [-0.3, -0.25) is 9.78 Å². The van der Waals surface area contributed by atoms with Crippen LogP contribution in [-0.2, 0) is 11.3 Å². The Kier molecular flexibility index (Phi) is 5.74. The third-order valence-electron chi connectivity index (χ3n) is 4.49. The van der Waals surface area contributed by atoms with Gasteiger partial charge < -0.3 is 10.6 Å². The number of carbonyl (C=O) groups excluding carboxylic acids is 1. The van der Waals surface area contributed by atoms with Crippen molar-refractivity contribution >= 4 is 5.91 Å². The second-order valence-electron chi connectivity index (χ2n) is 6.35. The van der Waals surface area contributed by atoms with E-state index in [0.717, 1.165) is 31.4 Å². The number of hydrogen-bond donors (Lipinski definition) is 1. The predicted molar refractivity (Wildman–Crippen MR) is 84.5 cm³/mol. The molecule has 4 heteroatoms. The number of nitrogens with zero attached hydrogens (tertiary/aromatic N) is 2. The molecule has 1 aromatic heterocycles. The maximum Gasteiger partial charge on any atom is 0.228 e. The molecule has 0 bridgehead atoms. The lowest BCUT2D eigenvalue weighted by Crippen LogP contribution is -2.44. The molecule has 0 saturated heterocycles. The zero-order valence-corrected chi connectivity index (χ0v) is 13.1. The van der Waals surface area contributed by atoms with Gasteiger partial charge in [0.15, 0.2) is 0 Å². The SMILES string of the molecule is CC1(C(=O)N(CCCN)Cc2cccnc2)CCCCC1. The minimum atomic E-state index is -0.185. The normalized spacial score (nSPS) is 17.4. The molecule has 0 radical (unpaired) electrons. The third-order valence-corrected chi connectivity index (χ3v) is 4.49. The highest BCUT2D eigenvalue weighted by atomic mass is 16.2. The molecule has 2 rings (SSSR count). The molecule has 0 unspecified atom stereocenters. The van der Waals surface area contributed by atoms with Gasteiger partial charge in [-0.2, -0.15) is 0 Å². The summed E-state index contributed by atoms with van der Waals surface area (Å²) in [5.74, 6) is 0.291. The van der Waals surface area contributed by atoms with Crippen LogP contribution in [0.1, 0.15) is 51.0 Å². The molecule has 1 amide bonds. The molecule has 1 saturated carbocycles. The van der Waals surface area contributed by atoms with E-state index in [-0.39, 0.29) is 5.41 Å². The molecule has 0 aromatic carbocycles. The molecule has 116 valence electrons. The number of amides is 1. The van der Waals surface area contributed by atoms with E-state index in [9.17, 15) is 4.79 Å². The predicted octanol–water partition coefficient (Wildman–Crippen LogP) is 2.73. The highest BCUT2D eigenvalue weighted by Crippen LogP contribution is 2.37. The van der Waals surface area contributed by atoms with Crippen LogP contribution in [0.5, 0.6) is 0 Å². The summed E-state index contributed by atoms with van der Waals surface area (Å²) in [6, 6.07) is 3.95. The van der Waals surface area contributed by atoms with Crippen molar-refractivity contribution in [2.24, 2.45) is 11.1 Å². The molecule has 21 heavy (non-hydrogen) atoms. The number of nitrogens with two attached hydrogens (primary N) is 1. The van der Waals surface area contributed by atoms with Gasteiger partial charge in [-0.25, -0.2) is 0 Å². The van der Waals surface area contributed by atoms with E-state index in [1.54, 1.807) is 6.20 Å². The van der Waals surface area contributed by atoms with Crippen LogP contribution in [0, 0.1) is 5.41 Å². The van der Waals surface area contributed by atoms with E-state index >= 15 is 0 Å². The number of rotatable bonds is 6. The lowest BCUT2D eigenvalue weighted by Gasteiger charge is -2.37. The first-order valence-corrected chi connectivity index (χ1v) is 8.04. The fourth-order valence-corrected chi connectivity index (χ4v) is 3.17. The molecule has 1 fully saturated rings. The Bertz CT molecular complexity index is 441. The highest BCUT2D eigenvalue weighted by molar-refractivity contribution is 5.82. The van der Waals surface area contributed by atoms with Crippen molar-refractivity contribution in [1.29, 1.82) is 0 Å². The van der Waals surface area contributed by atoms with Gasteiger partial charge >= 0.3 is 0 Å².